The summed E-state index contributed by atoms with van der Waals surface area (Å²) in [4.78, 5) is 4.34. The van der Waals surface area contributed by atoms with Gasteiger partial charge in [-0.05, 0) is 18.2 Å². The largest absolute Gasteiger partial charge is 0.293 e. The van der Waals surface area contributed by atoms with Gasteiger partial charge in [0.05, 0.1) is 21.7 Å². The van der Waals surface area contributed by atoms with Crippen molar-refractivity contribution in [2.24, 2.45) is 0 Å². The number of imidazole rings is 1. The maximum atomic E-state index is 14.1. The molecule has 0 bridgehead atoms. The molecular formula is C15H10Cl2F2N2. The van der Waals surface area contributed by atoms with Gasteiger partial charge in [-0.3, -0.25) is 4.57 Å². The van der Waals surface area contributed by atoms with Crippen LogP contribution in [0.25, 0.3) is 16.7 Å². The Morgan fingerprint density at radius 2 is 1.86 bits per heavy atom. The Hall–Kier alpha value is -1.65. The van der Waals surface area contributed by atoms with Gasteiger partial charge in [0.2, 0.25) is 0 Å². The number of para-hydroxylation sites is 1. The molecule has 0 N–H and O–H groups in total. The van der Waals surface area contributed by atoms with E-state index in [2.05, 4.69) is 4.98 Å². The predicted molar refractivity (Wildman–Crippen MR) is 80.4 cm³/mol. The molecule has 1 aromatic heterocycles. The molecule has 0 unspecified atom stereocenters. The van der Waals surface area contributed by atoms with Crippen LogP contribution in [-0.4, -0.2) is 15.4 Å². The van der Waals surface area contributed by atoms with Crippen LogP contribution in [-0.2, 0) is 6.42 Å². The molecule has 21 heavy (non-hydrogen) atoms. The number of rotatable bonds is 3. The zero-order valence-electron chi connectivity index (χ0n) is 10.8. The number of hydrogen-bond donors (Lipinski definition) is 0. The molecule has 6 heteroatoms. The SMILES string of the molecule is Fc1cc2nc(CCCl)n(-c3ccccc3F)c2cc1Cl. The Morgan fingerprint density at radius 3 is 2.57 bits per heavy atom. The van der Waals surface area contributed by atoms with Crippen molar-refractivity contribution in [2.75, 3.05) is 5.88 Å². The van der Waals surface area contributed by atoms with Crippen LogP contribution >= 0.6 is 23.2 Å². The van der Waals surface area contributed by atoms with Crippen molar-refractivity contribution < 1.29 is 8.78 Å². The van der Waals surface area contributed by atoms with E-state index < -0.39 is 11.6 Å². The monoisotopic (exact) mass is 326 g/mol. The number of alkyl halides is 1. The minimum absolute atomic E-state index is 0.0302. The highest BCUT2D eigenvalue weighted by Gasteiger charge is 2.16. The number of halogens is 4. The summed E-state index contributed by atoms with van der Waals surface area (Å²) in [5, 5.41) is -0.0302. The van der Waals surface area contributed by atoms with Crippen molar-refractivity contribution in [1.82, 2.24) is 9.55 Å². The predicted octanol–water partition coefficient (Wildman–Crippen LogP) is 4.74. The van der Waals surface area contributed by atoms with Crippen LogP contribution in [0.2, 0.25) is 5.02 Å². The lowest BCUT2D eigenvalue weighted by Gasteiger charge is -2.09. The van der Waals surface area contributed by atoms with Gasteiger partial charge in [0.25, 0.3) is 0 Å². The van der Waals surface area contributed by atoms with Gasteiger partial charge in [-0.15, -0.1) is 11.6 Å². The molecule has 0 aliphatic carbocycles. The van der Waals surface area contributed by atoms with Gasteiger partial charge in [-0.1, -0.05) is 23.7 Å². The Balaban J connectivity index is 2.35. The van der Waals surface area contributed by atoms with E-state index in [0.29, 0.717) is 34.8 Å². The molecule has 0 fully saturated rings. The van der Waals surface area contributed by atoms with E-state index >= 15 is 0 Å². The van der Waals surface area contributed by atoms with Gasteiger partial charge in [0.1, 0.15) is 17.5 Å². The Labute approximate surface area is 129 Å². The number of aromatic nitrogens is 2. The molecule has 0 spiro atoms. The van der Waals surface area contributed by atoms with Gasteiger partial charge in [0.15, 0.2) is 0 Å². The highest BCUT2D eigenvalue weighted by atomic mass is 35.5. The van der Waals surface area contributed by atoms with Crippen LogP contribution < -0.4 is 0 Å². The van der Waals surface area contributed by atoms with Crippen LogP contribution in [0.15, 0.2) is 36.4 Å². The third-order valence-electron chi connectivity index (χ3n) is 3.18. The van der Waals surface area contributed by atoms with E-state index in [0.717, 1.165) is 0 Å². The number of aryl methyl sites for hydroxylation is 1. The molecule has 0 aliphatic rings. The highest BCUT2D eigenvalue weighted by Crippen LogP contribution is 2.28. The summed E-state index contributed by atoms with van der Waals surface area (Å²) >= 11 is 11.6. The number of fused-ring (bicyclic) bond motifs is 1. The first-order chi connectivity index (χ1) is 10.1. The lowest BCUT2D eigenvalue weighted by molar-refractivity contribution is 0.617. The fourth-order valence-electron chi connectivity index (χ4n) is 2.28. The first-order valence-electron chi connectivity index (χ1n) is 6.29. The Kier molecular flexibility index (Phi) is 3.83. The number of benzene rings is 2. The fourth-order valence-corrected chi connectivity index (χ4v) is 2.60. The molecule has 0 aliphatic heterocycles. The average Bonchev–Trinajstić information content (AvgIpc) is 2.78. The quantitative estimate of drug-likeness (QED) is 0.636. The Morgan fingerprint density at radius 1 is 1.10 bits per heavy atom. The van der Waals surface area contributed by atoms with Crippen molar-refractivity contribution in [3.05, 3.63) is 58.9 Å². The molecule has 2 nitrogen and oxygen atoms in total. The van der Waals surface area contributed by atoms with Crippen molar-refractivity contribution in [3.8, 4) is 5.69 Å². The molecule has 3 aromatic rings. The minimum atomic E-state index is -0.556. The molecule has 0 saturated carbocycles. The summed E-state index contributed by atoms with van der Waals surface area (Å²) in [5.74, 6) is -0.0619. The molecule has 0 atom stereocenters. The fraction of sp³-hybridized carbons (Fsp3) is 0.133. The third-order valence-corrected chi connectivity index (χ3v) is 3.66. The Bertz CT molecular complexity index is 815. The lowest BCUT2D eigenvalue weighted by Crippen LogP contribution is -2.04. The van der Waals surface area contributed by atoms with Crippen LogP contribution in [0.4, 0.5) is 8.78 Å². The minimum Gasteiger partial charge on any atom is -0.293 e. The lowest BCUT2D eigenvalue weighted by atomic mass is 10.2. The molecule has 2 aromatic carbocycles. The molecule has 3 rings (SSSR count). The summed E-state index contributed by atoms with van der Waals surface area (Å²) < 4.78 is 29.3. The maximum Gasteiger partial charge on any atom is 0.147 e. The number of hydrogen-bond acceptors (Lipinski definition) is 1. The summed E-state index contributed by atoms with van der Waals surface area (Å²) in [6, 6.07) is 9.00. The highest BCUT2D eigenvalue weighted by molar-refractivity contribution is 6.31. The van der Waals surface area contributed by atoms with E-state index in [1.54, 1.807) is 22.8 Å². The molecule has 0 saturated heterocycles. The second-order valence-corrected chi connectivity index (χ2v) is 5.29. The van der Waals surface area contributed by atoms with E-state index in [-0.39, 0.29) is 5.02 Å². The maximum absolute atomic E-state index is 14.1. The van der Waals surface area contributed by atoms with Crippen LogP contribution in [0, 0.1) is 11.6 Å². The van der Waals surface area contributed by atoms with Gasteiger partial charge in [-0.25, -0.2) is 13.8 Å². The van der Waals surface area contributed by atoms with E-state index in [1.165, 1.54) is 18.2 Å². The molecular weight excluding hydrogens is 317 g/mol. The van der Waals surface area contributed by atoms with E-state index in [4.69, 9.17) is 23.2 Å². The smallest absolute Gasteiger partial charge is 0.147 e. The summed E-state index contributed by atoms with van der Waals surface area (Å²) in [7, 11) is 0. The second kappa shape index (κ2) is 5.62. The summed E-state index contributed by atoms with van der Waals surface area (Å²) in [5.41, 5.74) is 1.30. The average molecular weight is 327 g/mol. The van der Waals surface area contributed by atoms with E-state index in [9.17, 15) is 8.78 Å². The van der Waals surface area contributed by atoms with Gasteiger partial charge in [0, 0.05) is 18.4 Å². The van der Waals surface area contributed by atoms with Crippen LogP contribution in [0.3, 0.4) is 0 Å². The van der Waals surface area contributed by atoms with Gasteiger partial charge >= 0.3 is 0 Å². The van der Waals surface area contributed by atoms with Crippen molar-refractivity contribution in [3.63, 3.8) is 0 Å². The second-order valence-electron chi connectivity index (χ2n) is 4.51. The van der Waals surface area contributed by atoms with Crippen LogP contribution in [0.5, 0.6) is 0 Å². The summed E-state index contributed by atoms with van der Waals surface area (Å²) in [6.07, 6.45) is 0.434. The van der Waals surface area contributed by atoms with Crippen LogP contribution in [0.1, 0.15) is 5.82 Å². The third kappa shape index (κ3) is 2.49. The standard InChI is InChI=1S/C15H10Cl2F2N2/c16-6-5-15-20-12-8-11(19)9(17)7-14(12)21(15)13-4-2-1-3-10(13)18/h1-4,7-8H,5-6H2. The molecule has 108 valence electrons. The summed E-state index contributed by atoms with van der Waals surface area (Å²) in [6.45, 7) is 0. The van der Waals surface area contributed by atoms with Gasteiger partial charge < -0.3 is 0 Å². The zero-order chi connectivity index (χ0) is 15.0. The van der Waals surface area contributed by atoms with E-state index in [1.807, 2.05) is 0 Å². The molecule has 1 heterocycles. The first-order valence-corrected chi connectivity index (χ1v) is 7.20. The van der Waals surface area contributed by atoms with Gasteiger partial charge in [-0.2, -0.15) is 0 Å². The zero-order valence-corrected chi connectivity index (χ0v) is 12.3. The van der Waals surface area contributed by atoms with Crippen molar-refractivity contribution in [1.29, 1.82) is 0 Å². The van der Waals surface area contributed by atoms with Crippen molar-refractivity contribution in [2.45, 2.75) is 6.42 Å². The molecule has 0 amide bonds. The first kappa shape index (κ1) is 14.3. The number of nitrogens with zero attached hydrogens (tertiary/aromatic N) is 2. The van der Waals surface area contributed by atoms with Crippen molar-refractivity contribution >= 4 is 34.2 Å². The molecule has 0 radical (unpaired) electrons. The topological polar surface area (TPSA) is 17.8 Å². The normalized spacial score (nSPS) is 11.2.